The molecule has 0 bridgehead atoms. The molecule has 0 aliphatic heterocycles. The van der Waals surface area contributed by atoms with Crippen LogP contribution in [-0.4, -0.2) is 24.9 Å². The molecule has 0 spiro atoms. The van der Waals surface area contributed by atoms with Crippen LogP contribution in [0.3, 0.4) is 0 Å². The van der Waals surface area contributed by atoms with Gasteiger partial charge >= 0.3 is 6.18 Å². The summed E-state index contributed by atoms with van der Waals surface area (Å²) in [5.41, 5.74) is 3.33. The van der Waals surface area contributed by atoms with Crippen LogP contribution in [0.15, 0.2) is 48.8 Å². The number of nitrogens with zero attached hydrogens (tertiary/aromatic N) is 4. The van der Waals surface area contributed by atoms with E-state index in [4.69, 9.17) is 0 Å². The number of H-pyrrole nitrogens is 1. The van der Waals surface area contributed by atoms with Crippen LogP contribution in [0.2, 0.25) is 0 Å². The van der Waals surface area contributed by atoms with Crippen molar-refractivity contribution >= 4 is 33.0 Å². The van der Waals surface area contributed by atoms with E-state index in [1.54, 1.807) is 13.1 Å². The number of imidazole rings is 1. The fourth-order valence-corrected chi connectivity index (χ4v) is 3.65. The Labute approximate surface area is 169 Å². The highest BCUT2D eigenvalue weighted by Gasteiger charge is 2.33. The second-order valence-electron chi connectivity index (χ2n) is 7.20. The largest absolute Gasteiger partial charge is 0.418 e. The molecule has 1 N–H and O–H groups in total. The Morgan fingerprint density at radius 3 is 2.60 bits per heavy atom. The zero-order valence-electron chi connectivity index (χ0n) is 16.0. The molecule has 0 aliphatic rings. The molecule has 0 fully saturated rings. The Hall–Kier alpha value is -3.55. The highest BCUT2D eigenvalue weighted by atomic mass is 19.4. The number of fused-ring (bicyclic) bond motifs is 4. The van der Waals surface area contributed by atoms with Crippen molar-refractivity contribution in [2.75, 3.05) is 0 Å². The average Bonchev–Trinajstić information content (AvgIpc) is 3.15. The number of hydrogen-bond donors (Lipinski definition) is 1. The fraction of sp³-hybridized carbons (Fsp3) is 0.182. The second kappa shape index (κ2) is 6.76. The summed E-state index contributed by atoms with van der Waals surface area (Å²) in [6.45, 7) is 1.74. The van der Waals surface area contributed by atoms with Gasteiger partial charge in [0.1, 0.15) is 11.3 Å². The maximum absolute atomic E-state index is 13.2. The Bertz CT molecular complexity index is 1410. The molecule has 0 saturated heterocycles. The average molecular weight is 407 g/mol. The second-order valence-corrected chi connectivity index (χ2v) is 7.20. The van der Waals surface area contributed by atoms with Crippen molar-refractivity contribution in [3.8, 4) is 0 Å². The number of rotatable bonds is 3. The van der Waals surface area contributed by atoms with Gasteiger partial charge in [-0.1, -0.05) is 6.07 Å². The molecule has 0 unspecified atom stereocenters. The number of alkyl halides is 3. The summed E-state index contributed by atoms with van der Waals surface area (Å²) in [6.07, 6.45) is -0.234. The van der Waals surface area contributed by atoms with Gasteiger partial charge in [-0.15, -0.1) is 0 Å². The first kappa shape index (κ1) is 18.5. The predicted octanol–water partition coefficient (Wildman–Crippen LogP) is 5.17. The fourth-order valence-electron chi connectivity index (χ4n) is 3.65. The summed E-state index contributed by atoms with van der Waals surface area (Å²) in [7, 11) is 0. The van der Waals surface area contributed by atoms with Gasteiger partial charge in [0.05, 0.1) is 33.3 Å². The van der Waals surface area contributed by atoms with Crippen molar-refractivity contribution in [2.24, 2.45) is 0 Å². The van der Waals surface area contributed by atoms with Gasteiger partial charge in [-0.2, -0.15) is 13.2 Å². The third-order valence-corrected chi connectivity index (χ3v) is 5.16. The van der Waals surface area contributed by atoms with Crippen LogP contribution >= 0.6 is 0 Å². The zero-order valence-corrected chi connectivity index (χ0v) is 16.0. The Morgan fingerprint density at radius 2 is 1.77 bits per heavy atom. The van der Waals surface area contributed by atoms with Crippen LogP contribution in [0.1, 0.15) is 22.6 Å². The number of halogens is 3. The third kappa shape index (κ3) is 3.14. The standard InChI is InChI=1S/C22H16F3N5/c1-12-4-6-15(22(23,24)25)21-19(12)28-13(11-27-21)5-9-18-29-17-8-7-16-14(20(17)30-18)3-2-10-26-16/h2-4,6-8,10-11H,5,9H2,1H3,(H,29,30). The van der Waals surface area contributed by atoms with E-state index in [2.05, 4.69) is 24.9 Å². The number of aromatic nitrogens is 5. The molecule has 0 aliphatic carbocycles. The van der Waals surface area contributed by atoms with Gasteiger partial charge in [0.25, 0.3) is 0 Å². The summed E-state index contributed by atoms with van der Waals surface area (Å²) < 4.78 is 39.7. The lowest BCUT2D eigenvalue weighted by Crippen LogP contribution is -2.08. The van der Waals surface area contributed by atoms with Gasteiger partial charge in [-0.25, -0.2) is 9.97 Å². The summed E-state index contributed by atoms with van der Waals surface area (Å²) in [5.74, 6) is 0.781. The molecule has 5 aromatic rings. The molecule has 3 aromatic heterocycles. The van der Waals surface area contributed by atoms with Crippen LogP contribution in [0.4, 0.5) is 13.2 Å². The van der Waals surface area contributed by atoms with Crippen LogP contribution in [0, 0.1) is 6.92 Å². The predicted molar refractivity (Wildman–Crippen MR) is 108 cm³/mol. The van der Waals surface area contributed by atoms with Gasteiger partial charge in [-0.05, 0) is 49.2 Å². The van der Waals surface area contributed by atoms with Gasteiger partial charge in [0, 0.05) is 24.2 Å². The number of aromatic amines is 1. The summed E-state index contributed by atoms with van der Waals surface area (Å²) in [6, 6.07) is 10.2. The maximum Gasteiger partial charge on any atom is 0.418 e. The summed E-state index contributed by atoms with van der Waals surface area (Å²) >= 11 is 0. The lowest BCUT2D eigenvalue weighted by atomic mass is 10.1. The van der Waals surface area contributed by atoms with E-state index in [0.717, 1.165) is 33.8 Å². The highest BCUT2D eigenvalue weighted by Crippen LogP contribution is 2.34. The molecule has 2 aromatic carbocycles. The SMILES string of the molecule is Cc1ccc(C(F)(F)F)c2ncc(CCc3nc4c(ccc5ncccc54)[nH]3)nc12. The number of pyridine rings is 1. The molecule has 150 valence electrons. The molecular formula is C22H16F3N5. The van der Waals surface area contributed by atoms with Crippen LogP contribution in [-0.2, 0) is 19.0 Å². The van der Waals surface area contributed by atoms with E-state index in [1.807, 2.05) is 24.3 Å². The Kier molecular flexibility index (Phi) is 4.16. The molecule has 5 rings (SSSR count). The lowest BCUT2D eigenvalue weighted by Gasteiger charge is -2.11. The number of nitrogens with one attached hydrogen (secondary N) is 1. The molecule has 30 heavy (non-hydrogen) atoms. The third-order valence-electron chi connectivity index (χ3n) is 5.16. The molecular weight excluding hydrogens is 391 g/mol. The smallest absolute Gasteiger partial charge is 0.342 e. The number of hydrogen-bond acceptors (Lipinski definition) is 4. The van der Waals surface area contributed by atoms with Gasteiger partial charge in [0.2, 0.25) is 0 Å². The molecule has 3 heterocycles. The first-order valence-corrected chi connectivity index (χ1v) is 9.45. The van der Waals surface area contributed by atoms with Crippen LogP contribution in [0.25, 0.3) is 33.0 Å². The van der Waals surface area contributed by atoms with Gasteiger partial charge in [-0.3, -0.25) is 9.97 Å². The molecule has 5 nitrogen and oxygen atoms in total. The van der Waals surface area contributed by atoms with Crippen molar-refractivity contribution in [2.45, 2.75) is 25.9 Å². The highest BCUT2D eigenvalue weighted by molar-refractivity contribution is 6.02. The first-order valence-electron chi connectivity index (χ1n) is 9.45. The monoisotopic (exact) mass is 407 g/mol. The van der Waals surface area contributed by atoms with Crippen LogP contribution < -0.4 is 0 Å². The van der Waals surface area contributed by atoms with E-state index < -0.39 is 11.7 Å². The zero-order chi connectivity index (χ0) is 20.9. The minimum Gasteiger partial charge on any atom is -0.342 e. The maximum atomic E-state index is 13.2. The Balaban J connectivity index is 1.46. The van der Waals surface area contributed by atoms with E-state index >= 15 is 0 Å². The number of benzene rings is 2. The summed E-state index contributed by atoms with van der Waals surface area (Å²) in [5, 5.41) is 0.971. The molecule has 0 radical (unpaired) electrons. The van der Waals surface area contributed by atoms with Crippen molar-refractivity contribution < 1.29 is 13.2 Å². The molecule has 0 saturated carbocycles. The van der Waals surface area contributed by atoms with Crippen molar-refractivity contribution in [3.63, 3.8) is 0 Å². The first-order chi connectivity index (χ1) is 14.4. The summed E-state index contributed by atoms with van der Waals surface area (Å²) in [4.78, 5) is 20.9. The van der Waals surface area contributed by atoms with E-state index in [1.165, 1.54) is 12.3 Å². The van der Waals surface area contributed by atoms with Crippen LogP contribution in [0.5, 0.6) is 0 Å². The van der Waals surface area contributed by atoms with Crippen molar-refractivity contribution in [1.82, 2.24) is 24.9 Å². The number of aryl methyl sites for hydroxylation is 3. The minimum absolute atomic E-state index is 0.117. The van der Waals surface area contributed by atoms with E-state index in [-0.39, 0.29) is 11.0 Å². The normalized spacial score (nSPS) is 12.3. The minimum atomic E-state index is -4.46. The molecule has 0 atom stereocenters. The topological polar surface area (TPSA) is 67.3 Å². The lowest BCUT2D eigenvalue weighted by molar-refractivity contribution is -0.136. The van der Waals surface area contributed by atoms with Gasteiger partial charge < -0.3 is 4.98 Å². The van der Waals surface area contributed by atoms with Crippen molar-refractivity contribution in [1.29, 1.82) is 0 Å². The molecule has 0 amide bonds. The van der Waals surface area contributed by atoms with E-state index in [0.29, 0.717) is 24.1 Å². The molecule has 8 heteroatoms. The van der Waals surface area contributed by atoms with E-state index in [9.17, 15) is 13.2 Å². The van der Waals surface area contributed by atoms with Crippen molar-refractivity contribution in [3.05, 3.63) is 71.4 Å². The Morgan fingerprint density at radius 1 is 0.900 bits per heavy atom. The van der Waals surface area contributed by atoms with Gasteiger partial charge in [0.15, 0.2) is 0 Å². The quantitative estimate of drug-likeness (QED) is 0.448.